The van der Waals surface area contributed by atoms with Crippen molar-refractivity contribution >= 4 is 24.2 Å². The molecule has 0 saturated heterocycles. The highest BCUT2D eigenvalue weighted by Gasteiger charge is 2.18. The van der Waals surface area contributed by atoms with Crippen molar-refractivity contribution in [2.24, 2.45) is 15.7 Å². The van der Waals surface area contributed by atoms with E-state index in [0.29, 0.717) is 17.0 Å². The van der Waals surface area contributed by atoms with Gasteiger partial charge in [-0.25, -0.2) is 9.38 Å². The minimum Gasteiger partial charge on any atom is -0.392 e. The highest BCUT2D eigenvalue weighted by molar-refractivity contribution is 6.22. The maximum Gasteiger partial charge on any atom is 0.139 e. The van der Waals surface area contributed by atoms with E-state index in [-0.39, 0.29) is 19.0 Å². The van der Waals surface area contributed by atoms with Crippen LogP contribution >= 0.6 is 11.6 Å². The summed E-state index contributed by atoms with van der Waals surface area (Å²) in [5.41, 5.74) is 7.28. The van der Waals surface area contributed by atoms with Crippen LogP contribution in [0.1, 0.15) is 0 Å². The number of aliphatic imine (C=N–C) groups is 2. The Morgan fingerprint density at radius 1 is 1.59 bits per heavy atom. The van der Waals surface area contributed by atoms with Gasteiger partial charge >= 0.3 is 0 Å². The van der Waals surface area contributed by atoms with Gasteiger partial charge in [0.1, 0.15) is 12.0 Å². The van der Waals surface area contributed by atoms with Crippen molar-refractivity contribution in [1.29, 1.82) is 0 Å². The van der Waals surface area contributed by atoms with E-state index >= 15 is 0 Å². The summed E-state index contributed by atoms with van der Waals surface area (Å²) in [6.45, 7) is 3.50. The Kier molecular flexibility index (Phi) is 7.73. The number of nitrogens with two attached hydrogens (primary N) is 1. The first-order chi connectivity index (χ1) is 10.5. The van der Waals surface area contributed by atoms with Gasteiger partial charge in [0.2, 0.25) is 0 Å². The Morgan fingerprint density at radius 3 is 2.86 bits per heavy atom. The zero-order valence-electron chi connectivity index (χ0n) is 12.2. The van der Waals surface area contributed by atoms with E-state index in [1.54, 1.807) is 6.08 Å². The maximum atomic E-state index is 13.3. The molecule has 2 atom stereocenters. The first-order valence-corrected chi connectivity index (χ1v) is 6.97. The van der Waals surface area contributed by atoms with Crippen molar-refractivity contribution in [2.45, 2.75) is 11.5 Å². The molecule has 1 aliphatic carbocycles. The molecule has 1 rings (SSSR count). The fourth-order valence-electron chi connectivity index (χ4n) is 1.73. The third-order valence-electron chi connectivity index (χ3n) is 2.80. The van der Waals surface area contributed by atoms with Crippen LogP contribution < -0.4 is 5.73 Å². The number of hydrogen-bond donors (Lipinski definition) is 2. The molecule has 0 saturated carbocycles. The molecule has 0 aromatic heterocycles. The third kappa shape index (κ3) is 5.22. The predicted octanol–water partition coefficient (Wildman–Crippen LogP) is 1.89. The van der Waals surface area contributed by atoms with Gasteiger partial charge < -0.3 is 15.6 Å². The van der Waals surface area contributed by atoms with E-state index in [1.165, 1.54) is 31.4 Å². The molecule has 0 amide bonds. The fraction of sp³-hybridized carbons (Fsp3) is 0.333. The lowest BCUT2D eigenvalue weighted by molar-refractivity contribution is 0.233. The standard InChI is InChI=1S/C15H19ClFN3O2/c1-19-14(5-7-21)11(6-8-22-2)15(18)20-10-3-4-13(17)12(16)9-10/h3-6,9,12-13,21H,1,7-8H2,2H3,(H2,18,20)/b11-6+,14-5+. The van der Waals surface area contributed by atoms with E-state index in [2.05, 4.69) is 16.7 Å². The van der Waals surface area contributed by atoms with Crippen LogP contribution in [0.5, 0.6) is 0 Å². The molecule has 22 heavy (non-hydrogen) atoms. The van der Waals surface area contributed by atoms with Gasteiger partial charge in [0.05, 0.1) is 30.0 Å². The lowest BCUT2D eigenvalue weighted by Gasteiger charge is -2.13. The van der Waals surface area contributed by atoms with Gasteiger partial charge in [0, 0.05) is 12.7 Å². The molecule has 0 aliphatic heterocycles. The van der Waals surface area contributed by atoms with Crippen molar-refractivity contribution in [3.8, 4) is 0 Å². The maximum absolute atomic E-state index is 13.3. The summed E-state index contributed by atoms with van der Waals surface area (Å²) in [6, 6.07) is 0. The Labute approximate surface area is 134 Å². The van der Waals surface area contributed by atoms with Crippen LogP contribution in [0.15, 0.2) is 57.3 Å². The molecule has 5 nitrogen and oxygen atoms in total. The Balaban J connectivity index is 3.12. The van der Waals surface area contributed by atoms with E-state index in [0.717, 1.165) is 0 Å². The first-order valence-electron chi connectivity index (χ1n) is 6.53. The second kappa shape index (κ2) is 9.30. The molecule has 0 fully saturated rings. The van der Waals surface area contributed by atoms with Crippen LogP contribution in [0.25, 0.3) is 0 Å². The van der Waals surface area contributed by atoms with Crippen molar-refractivity contribution in [1.82, 2.24) is 0 Å². The number of hydrogen-bond acceptors (Lipinski definition) is 4. The van der Waals surface area contributed by atoms with Crippen LogP contribution in [0, 0.1) is 0 Å². The molecule has 1 aliphatic rings. The smallest absolute Gasteiger partial charge is 0.139 e. The number of nitrogens with zero attached hydrogens (tertiary/aromatic N) is 2. The lowest BCUT2D eigenvalue weighted by Crippen LogP contribution is -2.19. The van der Waals surface area contributed by atoms with Gasteiger partial charge in [0.25, 0.3) is 0 Å². The highest BCUT2D eigenvalue weighted by atomic mass is 35.5. The van der Waals surface area contributed by atoms with Crippen LogP contribution in [-0.4, -0.2) is 49.5 Å². The number of halogens is 2. The molecular weight excluding hydrogens is 309 g/mol. The summed E-state index contributed by atoms with van der Waals surface area (Å²) < 4.78 is 18.2. The van der Waals surface area contributed by atoms with Gasteiger partial charge in [-0.05, 0) is 37.1 Å². The minimum absolute atomic E-state index is 0.140. The summed E-state index contributed by atoms with van der Waals surface area (Å²) in [7, 11) is 1.53. The summed E-state index contributed by atoms with van der Waals surface area (Å²) in [6.07, 6.45) is 6.16. The molecule has 0 spiro atoms. The Hall–Kier alpha value is -1.76. The third-order valence-corrected chi connectivity index (χ3v) is 3.16. The zero-order valence-corrected chi connectivity index (χ0v) is 13.0. The summed E-state index contributed by atoms with van der Waals surface area (Å²) in [4.78, 5) is 8.02. The quantitative estimate of drug-likeness (QED) is 0.324. The van der Waals surface area contributed by atoms with Gasteiger partial charge in [-0.15, -0.1) is 11.6 Å². The molecule has 0 bridgehead atoms. The van der Waals surface area contributed by atoms with Crippen molar-refractivity contribution in [2.75, 3.05) is 20.3 Å². The molecule has 0 aromatic rings. The molecular formula is C15H19ClFN3O2. The van der Waals surface area contributed by atoms with Crippen molar-refractivity contribution in [3.63, 3.8) is 0 Å². The molecule has 120 valence electrons. The topological polar surface area (TPSA) is 80.2 Å². The second-order valence-electron chi connectivity index (χ2n) is 4.34. The van der Waals surface area contributed by atoms with Crippen molar-refractivity contribution < 1.29 is 14.2 Å². The number of aliphatic hydroxyl groups is 1. The summed E-state index contributed by atoms with van der Waals surface area (Å²) in [5.74, 6) is 0.140. The summed E-state index contributed by atoms with van der Waals surface area (Å²) >= 11 is 5.83. The first kappa shape index (κ1) is 18.3. The van der Waals surface area contributed by atoms with Crippen LogP contribution in [0.4, 0.5) is 4.39 Å². The Morgan fingerprint density at radius 2 is 2.32 bits per heavy atom. The van der Waals surface area contributed by atoms with Gasteiger partial charge in [0.15, 0.2) is 0 Å². The molecule has 3 N–H and O–H groups in total. The van der Waals surface area contributed by atoms with E-state index in [4.69, 9.17) is 27.2 Å². The molecule has 0 heterocycles. The molecule has 0 aromatic carbocycles. The van der Waals surface area contributed by atoms with Crippen LogP contribution in [0.3, 0.4) is 0 Å². The van der Waals surface area contributed by atoms with Crippen LogP contribution in [-0.2, 0) is 4.74 Å². The number of ether oxygens (including phenoxy) is 1. The van der Waals surface area contributed by atoms with Gasteiger partial charge in [-0.1, -0.05) is 0 Å². The minimum atomic E-state index is -1.25. The van der Waals surface area contributed by atoms with E-state index < -0.39 is 11.5 Å². The SMILES string of the molecule is C=NC(=C/CO)/C(=C\COC)C(N)=NC1=CC(Cl)C(F)C=C1. The van der Waals surface area contributed by atoms with E-state index in [1.807, 2.05) is 0 Å². The van der Waals surface area contributed by atoms with Gasteiger partial charge in [-0.3, -0.25) is 4.99 Å². The fourth-order valence-corrected chi connectivity index (χ4v) is 1.95. The normalized spacial score (nSPS) is 23.5. The average Bonchev–Trinajstić information content (AvgIpc) is 2.50. The number of aliphatic hydroxyl groups excluding tert-OH is 1. The number of rotatable bonds is 7. The van der Waals surface area contributed by atoms with Crippen LogP contribution in [0.2, 0.25) is 0 Å². The van der Waals surface area contributed by atoms with E-state index in [9.17, 15) is 4.39 Å². The number of allylic oxidation sites excluding steroid dienone is 3. The Bertz CT molecular complexity index is 553. The number of methoxy groups -OCH3 is 1. The zero-order chi connectivity index (χ0) is 16.5. The average molecular weight is 328 g/mol. The van der Waals surface area contributed by atoms with Crippen molar-refractivity contribution in [3.05, 3.63) is 47.3 Å². The summed E-state index contributed by atoms with van der Waals surface area (Å²) in [5, 5.41) is 8.24. The van der Waals surface area contributed by atoms with Gasteiger partial charge in [-0.2, -0.15) is 0 Å². The largest absolute Gasteiger partial charge is 0.392 e. The monoisotopic (exact) mass is 327 g/mol. The number of amidine groups is 1. The second-order valence-corrected chi connectivity index (χ2v) is 4.84. The predicted molar refractivity (Wildman–Crippen MR) is 88.1 cm³/mol. The molecule has 7 heteroatoms. The molecule has 2 unspecified atom stereocenters. The lowest BCUT2D eigenvalue weighted by atomic mass is 10.1. The molecule has 0 radical (unpaired) electrons. The number of alkyl halides is 2. The highest BCUT2D eigenvalue weighted by Crippen LogP contribution is 2.21.